The summed E-state index contributed by atoms with van der Waals surface area (Å²) in [5.41, 5.74) is 0.205. The molecule has 3 rings (SSSR count). The number of ether oxygens (including phenoxy) is 1. The molecule has 0 aliphatic rings. The second-order valence-corrected chi connectivity index (χ2v) is 5.79. The second-order valence-electron chi connectivity index (χ2n) is 5.79. The summed E-state index contributed by atoms with van der Waals surface area (Å²) >= 11 is 0. The van der Waals surface area contributed by atoms with E-state index in [4.69, 9.17) is 14.4 Å². The van der Waals surface area contributed by atoms with E-state index in [0.29, 0.717) is 23.6 Å². The van der Waals surface area contributed by atoms with Crippen LogP contribution in [0, 0.1) is 17.1 Å². The van der Waals surface area contributed by atoms with Crippen LogP contribution in [0.5, 0.6) is 5.75 Å². The van der Waals surface area contributed by atoms with Gasteiger partial charge in [0, 0.05) is 30.6 Å². The summed E-state index contributed by atoms with van der Waals surface area (Å²) in [6, 6.07) is 14.0. The summed E-state index contributed by atoms with van der Waals surface area (Å²) in [5.74, 6) is -0.555. The van der Waals surface area contributed by atoms with Crippen molar-refractivity contribution in [3.63, 3.8) is 0 Å². The minimum atomic E-state index is -0.601. The first-order valence-electron chi connectivity index (χ1n) is 8.43. The van der Waals surface area contributed by atoms with Gasteiger partial charge in [0.1, 0.15) is 28.8 Å². The van der Waals surface area contributed by atoms with Crippen LogP contribution in [0.25, 0.3) is 11.0 Å². The fourth-order valence-electron chi connectivity index (χ4n) is 2.51. The van der Waals surface area contributed by atoms with Gasteiger partial charge >= 0.3 is 5.63 Å². The molecule has 2 aromatic carbocycles. The number of nitrogens with one attached hydrogen (secondary N) is 2. The molecule has 0 saturated heterocycles. The molecule has 8 heteroatoms. The van der Waals surface area contributed by atoms with Crippen molar-refractivity contribution in [2.45, 2.75) is 0 Å². The number of nitriles is 1. The van der Waals surface area contributed by atoms with Crippen molar-refractivity contribution in [2.75, 3.05) is 25.0 Å². The zero-order chi connectivity index (χ0) is 19.9. The third-order valence-corrected chi connectivity index (χ3v) is 3.85. The Morgan fingerprint density at radius 2 is 2.00 bits per heavy atom. The molecule has 0 radical (unpaired) electrons. The highest BCUT2D eigenvalue weighted by atomic mass is 19.1. The second kappa shape index (κ2) is 8.68. The summed E-state index contributed by atoms with van der Waals surface area (Å²) in [6.07, 6.45) is 0. The van der Waals surface area contributed by atoms with Gasteiger partial charge < -0.3 is 19.8 Å². The molecule has 7 nitrogen and oxygen atoms in total. The van der Waals surface area contributed by atoms with Crippen molar-refractivity contribution >= 4 is 22.6 Å². The molecule has 2 N–H and O–H groups in total. The summed E-state index contributed by atoms with van der Waals surface area (Å²) < 4.78 is 24.0. The molecule has 0 spiro atoms. The summed E-state index contributed by atoms with van der Waals surface area (Å²) in [6.45, 7) is 0.354. The molecule has 0 aliphatic carbocycles. The van der Waals surface area contributed by atoms with Gasteiger partial charge in [0.15, 0.2) is 6.61 Å². The minimum Gasteiger partial charge on any atom is -0.484 e. The van der Waals surface area contributed by atoms with E-state index in [-0.39, 0.29) is 24.6 Å². The van der Waals surface area contributed by atoms with Crippen LogP contribution in [0.3, 0.4) is 0 Å². The fraction of sp³-hybridized carbons (Fsp3) is 0.150. The molecule has 0 atom stereocenters. The lowest BCUT2D eigenvalue weighted by molar-refractivity contribution is -0.123. The van der Waals surface area contributed by atoms with Crippen molar-refractivity contribution in [1.29, 1.82) is 5.26 Å². The molecule has 1 amide bonds. The van der Waals surface area contributed by atoms with E-state index in [1.807, 2.05) is 0 Å². The predicted molar refractivity (Wildman–Crippen MR) is 101 cm³/mol. The Hall–Kier alpha value is -3.86. The number of hydrogen-bond acceptors (Lipinski definition) is 6. The number of anilines is 1. The van der Waals surface area contributed by atoms with Crippen molar-refractivity contribution in [2.24, 2.45) is 0 Å². The Kier molecular flexibility index (Phi) is 5.87. The van der Waals surface area contributed by atoms with E-state index >= 15 is 0 Å². The first kappa shape index (κ1) is 18.9. The molecule has 0 fully saturated rings. The van der Waals surface area contributed by atoms with Gasteiger partial charge in [-0.2, -0.15) is 5.26 Å². The zero-order valence-corrected chi connectivity index (χ0v) is 14.7. The molecule has 28 heavy (non-hydrogen) atoms. The number of fused-ring (bicyclic) bond motifs is 1. The largest absolute Gasteiger partial charge is 0.484 e. The van der Waals surface area contributed by atoms with Gasteiger partial charge in [-0.3, -0.25) is 4.79 Å². The van der Waals surface area contributed by atoms with Crippen LogP contribution in [-0.4, -0.2) is 25.6 Å². The molecule has 1 heterocycles. The monoisotopic (exact) mass is 381 g/mol. The third kappa shape index (κ3) is 4.65. The normalized spacial score (nSPS) is 10.3. The van der Waals surface area contributed by atoms with Crippen LogP contribution in [0.15, 0.2) is 57.7 Å². The SMILES string of the molecule is N#Cc1c(F)cccc1NCCNC(=O)COc1ccc2ccc(=O)oc2c1. The lowest BCUT2D eigenvalue weighted by atomic mass is 10.2. The number of benzene rings is 2. The van der Waals surface area contributed by atoms with E-state index in [1.54, 1.807) is 36.4 Å². The van der Waals surface area contributed by atoms with E-state index in [1.165, 1.54) is 18.2 Å². The number of carbonyl (C=O) groups excluding carboxylic acids is 1. The van der Waals surface area contributed by atoms with Crippen LogP contribution in [0.2, 0.25) is 0 Å². The van der Waals surface area contributed by atoms with Crippen LogP contribution in [0.1, 0.15) is 5.56 Å². The quantitative estimate of drug-likeness (QED) is 0.481. The lowest BCUT2D eigenvalue weighted by Crippen LogP contribution is -2.32. The van der Waals surface area contributed by atoms with Crippen LogP contribution >= 0.6 is 0 Å². The molecular weight excluding hydrogens is 365 g/mol. The van der Waals surface area contributed by atoms with Gasteiger partial charge in [0.05, 0.1) is 5.69 Å². The molecule has 3 aromatic rings. The Labute approximate surface area is 159 Å². The number of carbonyl (C=O) groups is 1. The topological polar surface area (TPSA) is 104 Å². The lowest BCUT2D eigenvalue weighted by Gasteiger charge is -2.10. The van der Waals surface area contributed by atoms with Gasteiger partial charge in [-0.15, -0.1) is 0 Å². The third-order valence-electron chi connectivity index (χ3n) is 3.85. The summed E-state index contributed by atoms with van der Waals surface area (Å²) in [5, 5.41) is 15.3. The van der Waals surface area contributed by atoms with E-state index in [0.717, 1.165) is 5.39 Å². The molecule has 0 aliphatic heterocycles. The van der Waals surface area contributed by atoms with Gasteiger partial charge in [-0.1, -0.05) is 6.07 Å². The van der Waals surface area contributed by atoms with Gasteiger partial charge in [0.25, 0.3) is 5.91 Å². The van der Waals surface area contributed by atoms with Gasteiger partial charge in [-0.25, -0.2) is 9.18 Å². The van der Waals surface area contributed by atoms with E-state index < -0.39 is 11.4 Å². The maximum Gasteiger partial charge on any atom is 0.336 e. The number of halogens is 1. The number of nitrogens with zero attached hydrogens (tertiary/aromatic N) is 1. The molecular formula is C20H16FN3O4. The first-order chi connectivity index (χ1) is 13.6. The highest BCUT2D eigenvalue weighted by Gasteiger charge is 2.08. The zero-order valence-electron chi connectivity index (χ0n) is 14.7. The number of amides is 1. The standard InChI is InChI=1S/C20H16FN3O4/c21-16-2-1-3-17(15(16)11-22)23-8-9-24-19(25)12-27-14-6-4-13-5-7-20(26)28-18(13)10-14/h1-7,10,23H,8-9,12H2,(H,24,25). The van der Waals surface area contributed by atoms with Crippen molar-refractivity contribution in [3.05, 3.63) is 70.3 Å². The van der Waals surface area contributed by atoms with E-state index in [9.17, 15) is 14.0 Å². The Bertz CT molecular complexity index is 1100. The highest BCUT2D eigenvalue weighted by Crippen LogP contribution is 2.19. The molecule has 142 valence electrons. The Morgan fingerprint density at radius 3 is 2.82 bits per heavy atom. The maximum absolute atomic E-state index is 13.5. The number of rotatable bonds is 7. The van der Waals surface area contributed by atoms with E-state index in [2.05, 4.69) is 10.6 Å². The highest BCUT2D eigenvalue weighted by molar-refractivity contribution is 5.79. The van der Waals surface area contributed by atoms with Crippen molar-refractivity contribution < 1.29 is 18.3 Å². The predicted octanol–water partition coefficient (Wildman–Crippen LogP) is 2.41. The average Bonchev–Trinajstić information content (AvgIpc) is 2.69. The number of hydrogen-bond donors (Lipinski definition) is 2. The van der Waals surface area contributed by atoms with Crippen LogP contribution < -0.4 is 21.0 Å². The van der Waals surface area contributed by atoms with Crippen LogP contribution in [-0.2, 0) is 4.79 Å². The summed E-state index contributed by atoms with van der Waals surface area (Å²) in [4.78, 5) is 23.1. The molecule has 0 saturated carbocycles. The average molecular weight is 381 g/mol. The summed E-state index contributed by atoms with van der Waals surface area (Å²) in [7, 11) is 0. The fourth-order valence-corrected chi connectivity index (χ4v) is 2.51. The Balaban J connectivity index is 1.46. The van der Waals surface area contributed by atoms with Crippen molar-refractivity contribution in [1.82, 2.24) is 5.32 Å². The van der Waals surface area contributed by atoms with Crippen molar-refractivity contribution in [3.8, 4) is 11.8 Å². The molecule has 0 bridgehead atoms. The maximum atomic E-state index is 13.5. The smallest absolute Gasteiger partial charge is 0.336 e. The minimum absolute atomic E-state index is 0.0693. The molecule has 0 unspecified atom stereocenters. The van der Waals surface area contributed by atoms with Gasteiger partial charge in [-0.05, 0) is 30.3 Å². The first-order valence-corrected chi connectivity index (χ1v) is 8.43. The van der Waals surface area contributed by atoms with Gasteiger partial charge in [0.2, 0.25) is 0 Å². The van der Waals surface area contributed by atoms with Crippen LogP contribution in [0.4, 0.5) is 10.1 Å². The Morgan fingerprint density at radius 1 is 1.18 bits per heavy atom. The molecule has 1 aromatic heterocycles.